The van der Waals surface area contributed by atoms with Gasteiger partial charge in [0.25, 0.3) is 11.8 Å². The van der Waals surface area contributed by atoms with Crippen molar-refractivity contribution >= 4 is 18.0 Å². The molecular formula is C28H38N4O2. The quantitative estimate of drug-likeness (QED) is 0.288. The fourth-order valence-electron chi connectivity index (χ4n) is 4.28. The molecule has 1 heterocycles. The summed E-state index contributed by atoms with van der Waals surface area (Å²) in [6.45, 7) is 6.83. The Morgan fingerprint density at radius 1 is 0.971 bits per heavy atom. The maximum atomic E-state index is 13.0. The summed E-state index contributed by atoms with van der Waals surface area (Å²) in [5, 5.41) is 7.19. The molecule has 2 aromatic carbocycles. The molecule has 0 saturated carbocycles. The van der Waals surface area contributed by atoms with E-state index in [-0.39, 0.29) is 17.9 Å². The van der Waals surface area contributed by atoms with E-state index in [1.165, 1.54) is 12.0 Å². The number of hydrogen-bond acceptors (Lipinski definition) is 4. The van der Waals surface area contributed by atoms with Crippen LogP contribution in [0.2, 0.25) is 0 Å². The molecule has 0 aliphatic carbocycles. The van der Waals surface area contributed by atoms with E-state index in [4.69, 9.17) is 0 Å². The number of rotatable bonds is 11. The monoisotopic (exact) mass is 462 g/mol. The van der Waals surface area contributed by atoms with Gasteiger partial charge in [-0.15, -0.1) is 0 Å². The predicted molar refractivity (Wildman–Crippen MR) is 138 cm³/mol. The number of carbonyl (C=O) groups is 2. The van der Waals surface area contributed by atoms with Gasteiger partial charge in [-0.3, -0.25) is 14.5 Å². The number of unbranched alkanes of at least 4 members (excludes halogenated alkanes) is 1. The van der Waals surface area contributed by atoms with Crippen LogP contribution in [0.5, 0.6) is 0 Å². The maximum absolute atomic E-state index is 13.0. The van der Waals surface area contributed by atoms with Crippen LogP contribution in [0.4, 0.5) is 0 Å². The van der Waals surface area contributed by atoms with Crippen LogP contribution in [0, 0.1) is 0 Å². The van der Waals surface area contributed by atoms with Crippen molar-refractivity contribution in [3.8, 4) is 0 Å². The Kier molecular flexibility index (Phi) is 10.3. The topological polar surface area (TPSA) is 73.8 Å². The van der Waals surface area contributed by atoms with Crippen LogP contribution in [0.3, 0.4) is 0 Å². The van der Waals surface area contributed by atoms with Crippen LogP contribution in [-0.2, 0) is 4.79 Å². The molecule has 6 heteroatoms. The number of benzene rings is 2. The Balaban J connectivity index is 1.47. The number of amides is 2. The highest BCUT2D eigenvalue weighted by Gasteiger charge is 2.26. The number of likely N-dealkylation sites (tertiary alicyclic amines) is 1. The Morgan fingerprint density at radius 3 is 2.35 bits per heavy atom. The maximum Gasteiger partial charge on any atom is 0.257 e. The molecule has 6 nitrogen and oxygen atoms in total. The van der Waals surface area contributed by atoms with Gasteiger partial charge in [-0.1, -0.05) is 62.7 Å². The Morgan fingerprint density at radius 2 is 1.68 bits per heavy atom. The largest absolute Gasteiger partial charge is 0.352 e. The molecule has 1 saturated heterocycles. The number of piperidine rings is 1. The molecule has 0 radical (unpaired) electrons. The molecule has 34 heavy (non-hydrogen) atoms. The fourth-order valence-corrected chi connectivity index (χ4v) is 4.28. The lowest BCUT2D eigenvalue weighted by Crippen LogP contribution is -2.47. The van der Waals surface area contributed by atoms with Crippen LogP contribution >= 0.6 is 0 Å². The second kappa shape index (κ2) is 13.7. The lowest BCUT2D eigenvalue weighted by molar-refractivity contribution is -0.127. The second-order valence-electron chi connectivity index (χ2n) is 9.29. The molecule has 2 amide bonds. The van der Waals surface area contributed by atoms with Crippen molar-refractivity contribution in [2.24, 2.45) is 5.10 Å². The van der Waals surface area contributed by atoms with Gasteiger partial charge < -0.3 is 5.32 Å². The van der Waals surface area contributed by atoms with Crippen molar-refractivity contribution in [1.29, 1.82) is 0 Å². The molecular weight excluding hydrogens is 424 g/mol. The molecule has 0 aromatic heterocycles. The normalized spacial score (nSPS) is 15.4. The molecule has 1 aliphatic heterocycles. The number of nitrogens with zero attached hydrogens (tertiary/aromatic N) is 2. The van der Waals surface area contributed by atoms with Gasteiger partial charge in [0, 0.05) is 12.1 Å². The molecule has 3 rings (SSSR count). The van der Waals surface area contributed by atoms with Crippen LogP contribution in [0.1, 0.15) is 79.8 Å². The van der Waals surface area contributed by atoms with E-state index in [1.54, 1.807) is 6.21 Å². The summed E-state index contributed by atoms with van der Waals surface area (Å²) in [4.78, 5) is 27.5. The van der Waals surface area contributed by atoms with E-state index in [2.05, 4.69) is 46.7 Å². The third-order valence-corrected chi connectivity index (χ3v) is 6.35. The second-order valence-corrected chi connectivity index (χ2v) is 9.29. The van der Waals surface area contributed by atoms with E-state index >= 15 is 0 Å². The first-order valence-electron chi connectivity index (χ1n) is 12.5. The summed E-state index contributed by atoms with van der Waals surface area (Å²) in [5.41, 5.74) is 5.69. The number of hydrogen-bond donors (Lipinski definition) is 2. The molecule has 2 N–H and O–H groups in total. The highest BCUT2D eigenvalue weighted by molar-refractivity contribution is 5.94. The number of carbonyl (C=O) groups excluding carboxylic acids is 2. The Labute approximate surface area is 203 Å². The van der Waals surface area contributed by atoms with Crippen LogP contribution in [-0.4, -0.2) is 48.6 Å². The van der Waals surface area contributed by atoms with Crippen molar-refractivity contribution in [2.75, 3.05) is 19.6 Å². The van der Waals surface area contributed by atoms with Gasteiger partial charge in [-0.2, -0.15) is 5.10 Å². The zero-order valence-electron chi connectivity index (χ0n) is 20.5. The molecule has 182 valence electrons. The average molecular weight is 463 g/mol. The van der Waals surface area contributed by atoms with Gasteiger partial charge >= 0.3 is 0 Å². The van der Waals surface area contributed by atoms with Gasteiger partial charge in [-0.05, 0) is 74.4 Å². The zero-order valence-corrected chi connectivity index (χ0v) is 20.5. The van der Waals surface area contributed by atoms with Crippen molar-refractivity contribution in [3.05, 3.63) is 71.3 Å². The summed E-state index contributed by atoms with van der Waals surface area (Å²) in [7, 11) is 0. The standard InChI is InChI=1S/C28H38N4O2/c1-22(2)24-16-14-23(15-17-24)21-30-31-28(34)26(32-19-9-4-10-20-32)13-7-8-18-29-27(33)25-11-5-3-6-12-25/h3,5-6,11-12,14-17,21-22,26H,4,7-10,13,18-20H2,1-2H3,(H,29,33)(H,31,34). The summed E-state index contributed by atoms with van der Waals surface area (Å²) < 4.78 is 0. The van der Waals surface area contributed by atoms with Gasteiger partial charge in [0.2, 0.25) is 0 Å². The zero-order chi connectivity index (χ0) is 24.2. The minimum atomic E-state index is -0.189. The van der Waals surface area contributed by atoms with Crippen LogP contribution < -0.4 is 10.7 Å². The lowest BCUT2D eigenvalue weighted by Gasteiger charge is -2.33. The smallest absolute Gasteiger partial charge is 0.257 e. The third-order valence-electron chi connectivity index (χ3n) is 6.35. The summed E-state index contributed by atoms with van der Waals surface area (Å²) in [6, 6.07) is 17.3. The van der Waals surface area contributed by atoms with E-state index in [1.807, 2.05) is 42.5 Å². The Bertz CT molecular complexity index is 919. The number of nitrogens with one attached hydrogen (secondary N) is 2. The minimum absolute atomic E-state index is 0.0507. The van der Waals surface area contributed by atoms with Crippen molar-refractivity contribution in [2.45, 2.75) is 64.3 Å². The van der Waals surface area contributed by atoms with Gasteiger partial charge in [0.15, 0.2) is 0 Å². The summed E-state index contributed by atoms with van der Waals surface area (Å²) >= 11 is 0. The van der Waals surface area contributed by atoms with Crippen LogP contribution in [0.15, 0.2) is 59.7 Å². The van der Waals surface area contributed by atoms with Gasteiger partial charge in [-0.25, -0.2) is 5.43 Å². The lowest BCUT2D eigenvalue weighted by atomic mass is 10.0. The average Bonchev–Trinajstić information content (AvgIpc) is 2.87. The van der Waals surface area contributed by atoms with Crippen molar-refractivity contribution in [3.63, 3.8) is 0 Å². The first-order chi connectivity index (χ1) is 16.5. The van der Waals surface area contributed by atoms with E-state index in [0.29, 0.717) is 18.0 Å². The minimum Gasteiger partial charge on any atom is -0.352 e. The Hall–Kier alpha value is -2.99. The fraction of sp³-hybridized carbons (Fsp3) is 0.464. The molecule has 1 atom stereocenters. The van der Waals surface area contributed by atoms with Crippen molar-refractivity contribution < 1.29 is 9.59 Å². The SMILES string of the molecule is CC(C)c1ccc(C=NNC(=O)C(CCCCNC(=O)c2ccccc2)N2CCCCC2)cc1. The molecule has 1 aliphatic rings. The molecule has 0 bridgehead atoms. The highest BCUT2D eigenvalue weighted by Crippen LogP contribution is 2.17. The molecule has 1 fully saturated rings. The van der Waals surface area contributed by atoms with Gasteiger partial charge in [0.1, 0.15) is 0 Å². The van der Waals surface area contributed by atoms with E-state index in [9.17, 15) is 9.59 Å². The molecule has 0 spiro atoms. The van der Waals surface area contributed by atoms with Crippen molar-refractivity contribution in [1.82, 2.24) is 15.6 Å². The first kappa shape index (κ1) is 25.6. The molecule has 2 aromatic rings. The van der Waals surface area contributed by atoms with Gasteiger partial charge in [0.05, 0.1) is 12.3 Å². The van der Waals surface area contributed by atoms with E-state index in [0.717, 1.165) is 50.8 Å². The summed E-state index contributed by atoms with van der Waals surface area (Å²) in [5.74, 6) is 0.384. The predicted octanol–water partition coefficient (Wildman–Crippen LogP) is 4.71. The van der Waals surface area contributed by atoms with Crippen LogP contribution in [0.25, 0.3) is 0 Å². The number of hydrazone groups is 1. The first-order valence-corrected chi connectivity index (χ1v) is 12.5. The van der Waals surface area contributed by atoms with E-state index < -0.39 is 0 Å². The molecule has 1 unspecified atom stereocenters. The summed E-state index contributed by atoms with van der Waals surface area (Å²) in [6.07, 6.45) is 7.64. The highest BCUT2D eigenvalue weighted by atomic mass is 16.2. The third kappa shape index (κ3) is 8.10.